The minimum atomic E-state index is -3.94. The Morgan fingerprint density at radius 3 is 2.53 bits per heavy atom. The Kier molecular flexibility index (Phi) is 6.60. The van der Waals surface area contributed by atoms with E-state index in [1.165, 1.54) is 24.3 Å². The van der Waals surface area contributed by atoms with Crippen molar-refractivity contribution in [1.82, 2.24) is 20.2 Å². The first kappa shape index (κ1) is 21.6. The number of hydrogen-bond donors (Lipinski definition) is 3. The quantitative estimate of drug-likeness (QED) is 0.508. The lowest BCUT2D eigenvalue weighted by atomic mass is 10.2. The highest BCUT2D eigenvalue weighted by Crippen LogP contribution is 2.19. The number of phenolic OH excluding ortho intramolecular Hbond substituents is 1. The molecule has 0 aliphatic rings. The molecule has 3 aromatic rings. The molecule has 1 aromatic heterocycles. The van der Waals surface area contributed by atoms with Crippen LogP contribution in [-0.2, 0) is 23.1 Å². The standard InChI is InChI=1S/C19H16ClFN4O4S/c20-16-9-15(5-6-17(16)21)30(28,29)23-11-13-4-7-18(25-24-13)19(27)22-10-12-2-1-3-14(26)8-12/h1-9,23,26H,10-11H2,(H,22,27). The van der Waals surface area contributed by atoms with Gasteiger partial charge in [-0.15, -0.1) is 5.10 Å². The monoisotopic (exact) mass is 450 g/mol. The van der Waals surface area contributed by atoms with Gasteiger partial charge in [-0.2, -0.15) is 5.10 Å². The predicted octanol–water partition coefficient (Wildman–Crippen LogP) is 2.38. The molecule has 1 amide bonds. The fraction of sp³-hybridized carbons (Fsp3) is 0.105. The number of aromatic hydroxyl groups is 1. The molecule has 11 heteroatoms. The van der Waals surface area contributed by atoms with Crippen LogP contribution in [0.1, 0.15) is 21.7 Å². The SMILES string of the molecule is O=C(NCc1cccc(O)c1)c1ccc(CNS(=O)(=O)c2ccc(F)c(Cl)c2)nn1. The van der Waals surface area contributed by atoms with Crippen LogP contribution in [0, 0.1) is 5.82 Å². The molecule has 0 saturated carbocycles. The van der Waals surface area contributed by atoms with E-state index in [-0.39, 0.29) is 40.1 Å². The maximum absolute atomic E-state index is 13.2. The Labute approximate surface area is 176 Å². The van der Waals surface area contributed by atoms with E-state index in [1.54, 1.807) is 12.1 Å². The highest BCUT2D eigenvalue weighted by molar-refractivity contribution is 7.89. The number of nitrogens with one attached hydrogen (secondary N) is 2. The van der Waals surface area contributed by atoms with Crippen LogP contribution in [0.2, 0.25) is 5.02 Å². The summed E-state index contributed by atoms with van der Waals surface area (Å²) in [6.45, 7) is 0.00616. The lowest BCUT2D eigenvalue weighted by molar-refractivity contribution is 0.0944. The van der Waals surface area contributed by atoms with Crippen LogP contribution >= 0.6 is 11.6 Å². The van der Waals surface area contributed by atoms with E-state index in [9.17, 15) is 22.7 Å². The van der Waals surface area contributed by atoms with Crippen LogP contribution in [0.5, 0.6) is 5.75 Å². The van der Waals surface area contributed by atoms with Crippen LogP contribution in [0.3, 0.4) is 0 Å². The first-order chi connectivity index (χ1) is 14.2. The van der Waals surface area contributed by atoms with Gasteiger partial charge in [0.25, 0.3) is 5.91 Å². The summed E-state index contributed by atoms with van der Waals surface area (Å²) in [5.74, 6) is -1.10. The fourth-order valence-electron chi connectivity index (χ4n) is 2.41. The molecule has 8 nitrogen and oxygen atoms in total. The molecule has 1 heterocycles. The number of nitrogens with zero attached hydrogens (tertiary/aromatic N) is 2. The topological polar surface area (TPSA) is 121 Å². The van der Waals surface area contributed by atoms with Crippen LogP contribution in [0.15, 0.2) is 59.5 Å². The second kappa shape index (κ2) is 9.16. The predicted molar refractivity (Wildman–Crippen MR) is 107 cm³/mol. The summed E-state index contributed by atoms with van der Waals surface area (Å²) in [6.07, 6.45) is 0. The van der Waals surface area contributed by atoms with Crippen molar-refractivity contribution in [1.29, 1.82) is 0 Å². The summed E-state index contributed by atoms with van der Waals surface area (Å²) >= 11 is 5.62. The number of halogens is 2. The number of phenols is 1. The molecule has 0 aliphatic heterocycles. The second-order valence-corrected chi connectivity index (χ2v) is 8.34. The van der Waals surface area contributed by atoms with Gasteiger partial charge in [-0.1, -0.05) is 23.7 Å². The van der Waals surface area contributed by atoms with E-state index >= 15 is 0 Å². The number of benzene rings is 2. The Morgan fingerprint density at radius 1 is 1.07 bits per heavy atom. The Bertz CT molecular complexity index is 1170. The number of carbonyl (C=O) groups is 1. The molecule has 30 heavy (non-hydrogen) atoms. The molecule has 3 rings (SSSR count). The van der Waals surface area contributed by atoms with Crippen LogP contribution in [0.25, 0.3) is 0 Å². The minimum absolute atomic E-state index is 0.0482. The first-order valence-electron chi connectivity index (χ1n) is 8.58. The van der Waals surface area contributed by atoms with E-state index in [0.29, 0.717) is 5.56 Å². The molecule has 0 unspecified atom stereocenters. The molecule has 2 aromatic carbocycles. The third-order valence-electron chi connectivity index (χ3n) is 3.96. The molecule has 0 saturated heterocycles. The third kappa shape index (κ3) is 5.50. The highest BCUT2D eigenvalue weighted by Gasteiger charge is 2.16. The number of sulfonamides is 1. The van der Waals surface area contributed by atoms with E-state index in [0.717, 1.165) is 18.2 Å². The van der Waals surface area contributed by atoms with Gasteiger partial charge in [0.15, 0.2) is 5.69 Å². The molecular weight excluding hydrogens is 435 g/mol. The summed E-state index contributed by atoms with van der Waals surface area (Å²) in [7, 11) is -3.94. The number of aromatic nitrogens is 2. The lowest BCUT2D eigenvalue weighted by Crippen LogP contribution is -2.26. The van der Waals surface area contributed by atoms with Gasteiger partial charge < -0.3 is 10.4 Å². The lowest BCUT2D eigenvalue weighted by Gasteiger charge is -2.08. The van der Waals surface area contributed by atoms with Gasteiger partial charge in [0.1, 0.15) is 11.6 Å². The number of carbonyl (C=O) groups excluding carboxylic acids is 1. The van der Waals surface area contributed by atoms with Gasteiger partial charge in [0, 0.05) is 6.54 Å². The van der Waals surface area contributed by atoms with Gasteiger partial charge in [0.05, 0.1) is 22.2 Å². The minimum Gasteiger partial charge on any atom is -0.508 e. The Balaban J connectivity index is 1.58. The first-order valence-corrected chi connectivity index (χ1v) is 10.4. The maximum Gasteiger partial charge on any atom is 0.272 e. The summed E-state index contributed by atoms with van der Waals surface area (Å²) in [6, 6.07) is 12.4. The summed E-state index contributed by atoms with van der Waals surface area (Å²) in [5.41, 5.74) is 1.03. The van der Waals surface area contributed by atoms with Crippen LogP contribution in [0.4, 0.5) is 4.39 Å². The number of amides is 1. The van der Waals surface area contributed by atoms with Crippen molar-refractivity contribution in [2.45, 2.75) is 18.0 Å². The van der Waals surface area contributed by atoms with Crippen molar-refractivity contribution < 1.29 is 22.7 Å². The summed E-state index contributed by atoms with van der Waals surface area (Å²) in [5, 5.41) is 19.4. The highest BCUT2D eigenvalue weighted by atomic mass is 35.5. The van der Waals surface area contributed by atoms with Crippen LogP contribution in [-0.4, -0.2) is 29.6 Å². The van der Waals surface area contributed by atoms with E-state index in [4.69, 9.17) is 11.6 Å². The zero-order valence-electron chi connectivity index (χ0n) is 15.3. The zero-order chi connectivity index (χ0) is 21.7. The van der Waals surface area contributed by atoms with Gasteiger partial charge in [-0.3, -0.25) is 4.79 Å². The molecule has 156 valence electrons. The maximum atomic E-state index is 13.2. The number of hydrogen-bond acceptors (Lipinski definition) is 6. The van der Waals surface area contributed by atoms with Gasteiger partial charge in [-0.05, 0) is 48.0 Å². The van der Waals surface area contributed by atoms with E-state index in [1.807, 2.05) is 0 Å². The fourth-order valence-corrected chi connectivity index (χ4v) is 3.68. The normalized spacial score (nSPS) is 11.3. The molecule has 0 aliphatic carbocycles. The zero-order valence-corrected chi connectivity index (χ0v) is 16.9. The molecule has 0 atom stereocenters. The molecule has 0 bridgehead atoms. The molecule has 0 radical (unpaired) electrons. The Morgan fingerprint density at radius 2 is 1.87 bits per heavy atom. The summed E-state index contributed by atoms with van der Waals surface area (Å²) in [4.78, 5) is 12.0. The van der Waals surface area contributed by atoms with Crippen molar-refractivity contribution in [2.24, 2.45) is 0 Å². The molecular formula is C19H16ClFN4O4S. The molecule has 0 fully saturated rings. The molecule has 3 N–H and O–H groups in total. The Hall–Kier alpha value is -3.08. The van der Waals surface area contributed by atoms with E-state index in [2.05, 4.69) is 20.2 Å². The van der Waals surface area contributed by atoms with Crippen LogP contribution < -0.4 is 10.0 Å². The van der Waals surface area contributed by atoms with Crippen molar-refractivity contribution in [2.75, 3.05) is 0 Å². The summed E-state index contributed by atoms with van der Waals surface area (Å²) < 4.78 is 40.0. The second-order valence-electron chi connectivity index (χ2n) is 6.16. The van der Waals surface area contributed by atoms with Gasteiger partial charge >= 0.3 is 0 Å². The largest absolute Gasteiger partial charge is 0.508 e. The number of rotatable bonds is 7. The average Bonchev–Trinajstić information content (AvgIpc) is 2.73. The van der Waals surface area contributed by atoms with Crippen molar-refractivity contribution >= 4 is 27.5 Å². The third-order valence-corrected chi connectivity index (χ3v) is 5.65. The van der Waals surface area contributed by atoms with Crippen molar-refractivity contribution in [3.63, 3.8) is 0 Å². The van der Waals surface area contributed by atoms with Gasteiger partial charge in [0.2, 0.25) is 10.0 Å². The van der Waals surface area contributed by atoms with Crippen molar-refractivity contribution in [3.8, 4) is 5.75 Å². The van der Waals surface area contributed by atoms with E-state index < -0.39 is 21.7 Å². The molecule has 0 spiro atoms. The van der Waals surface area contributed by atoms with Gasteiger partial charge in [-0.25, -0.2) is 17.5 Å². The van der Waals surface area contributed by atoms with Crippen molar-refractivity contribution in [3.05, 3.63) is 82.4 Å². The smallest absolute Gasteiger partial charge is 0.272 e. The average molecular weight is 451 g/mol.